The molecule has 0 bridgehead atoms. The van der Waals surface area contributed by atoms with E-state index in [1.54, 1.807) is 0 Å². The van der Waals surface area contributed by atoms with Gasteiger partial charge in [-0.05, 0) is 38.5 Å². The van der Waals surface area contributed by atoms with E-state index in [9.17, 15) is 9.59 Å². The first-order chi connectivity index (χ1) is 8.19. The third-order valence-corrected chi connectivity index (χ3v) is 3.43. The summed E-state index contributed by atoms with van der Waals surface area (Å²) in [5, 5.41) is 0. The summed E-state index contributed by atoms with van der Waals surface area (Å²) in [6.45, 7) is 5.94. The summed E-state index contributed by atoms with van der Waals surface area (Å²) in [4.78, 5) is 23.1. The zero-order chi connectivity index (χ0) is 12.7. The van der Waals surface area contributed by atoms with Crippen molar-refractivity contribution < 1.29 is 14.3 Å². The van der Waals surface area contributed by atoms with Crippen LogP contribution >= 0.6 is 0 Å². The monoisotopic (exact) mass is 238 g/mol. The van der Waals surface area contributed by atoms with Gasteiger partial charge in [0.15, 0.2) is 0 Å². The van der Waals surface area contributed by atoms with Crippen molar-refractivity contribution in [2.45, 2.75) is 45.4 Å². The van der Waals surface area contributed by atoms with Crippen LogP contribution in [0.15, 0.2) is 12.7 Å². The van der Waals surface area contributed by atoms with Gasteiger partial charge < -0.3 is 4.74 Å². The second-order valence-corrected chi connectivity index (χ2v) is 4.59. The highest BCUT2D eigenvalue weighted by atomic mass is 16.5. The molecule has 1 fully saturated rings. The minimum absolute atomic E-state index is 0.0793. The molecule has 1 rings (SSSR count). The van der Waals surface area contributed by atoms with Crippen LogP contribution in [0.4, 0.5) is 0 Å². The first kappa shape index (κ1) is 13.9. The lowest BCUT2D eigenvalue weighted by atomic mass is 9.74. The van der Waals surface area contributed by atoms with Gasteiger partial charge in [-0.2, -0.15) is 0 Å². The lowest BCUT2D eigenvalue weighted by Crippen LogP contribution is -2.28. The van der Waals surface area contributed by atoms with Crippen LogP contribution in [0.25, 0.3) is 0 Å². The number of rotatable bonds is 6. The quantitative estimate of drug-likeness (QED) is 0.528. The van der Waals surface area contributed by atoms with E-state index >= 15 is 0 Å². The number of Topliss-reactive ketones (excluding diaryl/α,β-unsaturated/α-hetero) is 1. The number of ether oxygens (including phenoxy) is 1. The van der Waals surface area contributed by atoms with Gasteiger partial charge in [-0.25, -0.2) is 0 Å². The zero-order valence-electron chi connectivity index (χ0n) is 10.6. The Morgan fingerprint density at radius 2 is 2.35 bits per heavy atom. The molecule has 96 valence electrons. The van der Waals surface area contributed by atoms with Gasteiger partial charge in [0.1, 0.15) is 5.78 Å². The number of allylic oxidation sites excluding steroid dienone is 1. The van der Waals surface area contributed by atoms with Crippen molar-refractivity contribution in [2.75, 3.05) is 6.61 Å². The zero-order valence-corrected chi connectivity index (χ0v) is 10.6. The minimum atomic E-state index is -0.150. The lowest BCUT2D eigenvalue weighted by Gasteiger charge is -2.29. The van der Waals surface area contributed by atoms with Crippen LogP contribution in [-0.2, 0) is 14.3 Å². The number of hydrogen-bond acceptors (Lipinski definition) is 3. The molecule has 0 aromatic heterocycles. The molecule has 0 radical (unpaired) electrons. The third-order valence-electron chi connectivity index (χ3n) is 3.43. The molecule has 1 saturated carbocycles. The van der Waals surface area contributed by atoms with Crippen LogP contribution in [0.5, 0.6) is 0 Å². The van der Waals surface area contributed by atoms with Gasteiger partial charge in [0.25, 0.3) is 0 Å². The highest BCUT2D eigenvalue weighted by Gasteiger charge is 2.30. The van der Waals surface area contributed by atoms with Crippen molar-refractivity contribution in [3.63, 3.8) is 0 Å². The van der Waals surface area contributed by atoms with Crippen LogP contribution in [0, 0.1) is 11.8 Å². The van der Waals surface area contributed by atoms with E-state index in [1.807, 2.05) is 13.0 Å². The largest absolute Gasteiger partial charge is 0.466 e. The van der Waals surface area contributed by atoms with E-state index in [-0.39, 0.29) is 11.9 Å². The third kappa shape index (κ3) is 4.33. The van der Waals surface area contributed by atoms with Gasteiger partial charge in [-0.3, -0.25) is 9.59 Å². The molecule has 1 aliphatic carbocycles. The van der Waals surface area contributed by atoms with Gasteiger partial charge in [-0.15, -0.1) is 6.58 Å². The topological polar surface area (TPSA) is 43.4 Å². The maximum atomic E-state index is 11.8. The molecule has 3 heteroatoms. The van der Waals surface area contributed by atoms with Gasteiger partial charge in [0.2, 0.25) is 0 Å². The average Bonchev–Trinajstić information content (AvgIpc) is 2.30. The fourth-order valence-electron chi connectivity index (χ4n) is 2.57. The first-order valence-corrected chi connectivity index (χ1v) is 6.48. The van der Waals surface area contributed by atoms with Crippen molar-refractivity contribution in [3.8, 4) is 0 Å². The van der Waals surface area contributed by atoms with E-state index < -0.39 is 0 Å². The molecule has 0 N–H and O–H groups in total. The van der Waals surface area contributed by atoms with Crippen LogP contribution < -0.4 is 0 Å². The molecule has 2 atom stereocenters. The summed E-state index contributed by atoms with van der Waals surface area (Å²) < 4.78 is 4.91. The van der Waals surface area contributed by atoms with Crippen LogP contribution in [0.1, 0.15) is 45.4 Å². The Morgan fingerprint density at radius 1 is 1.59 bits per heavy atom. The average molecular weight is 238 g/mol. The lowest BCUT2D eigenvalue weighted by molar-refractivity contribution is -0.144. The van der Waals surface area contributed by atoms with Crippen molar-refractivity contribution in [1.29, 1.82) is 0 Å². The summed E-state index contributed by atoms with van der Waals surface area (Å²) in [7, 11) is 0. The predicted octanol–water partition coefficient (Wildman–Crippen LogP) is 2.89. The Kier molecular flexibility index (Phi) is 5.95. The summed E-state index contributed by atoms with van der Waals surface area (Å²) in [5.41, 5.74) is 0. The molecule has 0 heterocycles. The van der Waals surface area contributed by atoms with E-state index in [0.717, 1.165) is 25.7 Å². The molecule has 3 nitrogen and oxygen atoms in total. The molecular formula is C14H22O3. The molecule has 0 aromatic carbocycles. The maximum absolute atomic E-state index is 11.8. The Morgan fingerprint density at radius 3 is 3.00 bits per heavy atom. The molecule has 0 aliphatic heterocycles. The van der Waals surface area contributed by atoms with Gasteiger partial charge in [0.05, 0.1) is 6.61 Å². The molecule has 0 aromatic rings. The summed E-state index contributed by atoms with van der Waals surface area (Å²) >= 11 is 0. The van der Waals surface area contributed by atoms with E-state index in [0.29, 0.717) is 31.1 Å². The van der Waals surface area contributed by atoms with Gasteiger partial charge in [-0.1, -0.05) is 6.08 Å². The van der Waals surface area contributed by atoms with Gasteiger partial charge >= 0.3 is 5.97 Å². The van der Waals surface area contributed by atoms with Crippen molar-refractivity contribution in [3.05, 3.63) is 12.7 Å². The molecule has 17 heavy (non-hydrogen) atoms. The predicted molar refractivity (Wildman–Crippen MR) is 66.5 cm³/mol. The number of hydrogen-bond donors (Lipinski definition) is 0. The van der Waals surface area contributed by atoms with Crippen LogP contribution in [0.3, 0.4) is 0 Å². The van der Waals surface area contributed by atoms with Crippen molar-refractivity contribution in [1.82, 2.24) is 0 Å². The van der Waals surface area contributed by atoms with Crippen LogP contribution in [-0.4, -0.2) is 18.4 Å². The normalized spacial score (nSPS) is 24.4. The number of carbonyl (C=O) groups is 2. The molecule has 0 saturated heterocycles. The summed E-state index contributed by atoms with van der Waals surface area (Å²) in [5.74, 6) is 0.599. The number of ketones is 1. The van der Waals surface area contributed by atoms with Crippen molar-refractivity contribution in [2.24, 2.45) is 11.8 Å². The second-order valence-electron chi connectivity index (χ2n) is 4.59. The smallest absolute Gasteiger partial charge is 0.305 e. The summed E-state index contributed by atoms with van der Waals surface area (Å²) in [6.07, 6.45) is 6.44. The highest BCUT2D eigenvalue weighted by molar-refractivity contribution is 5.82. The Bertz CT molecular complexity index is 283. The van der Waals surface area contributed by atoms with Crippen LogP contribution in [0.2, 0.25) is 0 Å². The Balaban J connectivity index is 2.45. The Labute approximate surface area is 103 Å². The summed E-state index contributed by atoms with van der Waals surface area (Å²) in [6, 6.07) is 0. The SMILES string of the molecule is C=CCC1C(=O)CCCC1CCC(=O)OCC. The van der Waals surface area contributed by atoms with E-state index in [2.05, 4.69) is 6.58 Å². The molecular weight excluding hydrogens is 216 g/mol. The number of carbonyl (C=O) groups excluding carboxylic acids is 2. The molecule has 2 unspecified atom stereocenters. The molecule has 0 amide bonds. The highest BCUT2D eigenvalue weighted by Crippen LogP contribution is 2.33. The first-order valence-electron chi connectivity index (χ1n) is 6.48. The number of esters is 1. The second kappa shape index (κ2) is 7.25. The van der Waals surface area contributed by atoms with Crippen molar-refractivity contribution >= 4 is 11.8 Å². The fraction of sp³-hybridized carbons (Fsp3) is 0.714. The van der Waals surface area contributed by atoms with Gasteiger partial charge in [0, 0.05) is 18.8 Å². The van der Waals surface area contributed by atoms with E-state index in [4.69, 9.17) is 4.74 Å². The molecule has 1 aliphatic rings. The maximum Gasteiger partial charge on any atom is 0.305 e. The molecule has 0 spiro atoms. The fourth-order valence-corrected chi connectivity index (χ4v) is 2.57. The standard InChI is InChI=1S/C14H22O3/c1-3-6-12-11(7-5-8-13(12)15)9-10-14(16)17-4-2/h3,11-12H,1,4-10H2,2H3. The minimum Gasteiger partial charge on any atom is -0.466 e. The van der Waals surface area contributed by atoms with E-state index in [1.165, 1.54) is 0 Å². The Hall–Kier alpha value is -1.12.